The second-order valence-corrected chi connectivity index (χ2v) is 4.09. The third-order valence-corrected chi connectivity index (χ3v) is 2.93. The van der Waals surface area contributed by atoms with E-state index >= 15 is 0 Å². The van der Waals surface area contributed by atoms with Crippen molar-refractivity contribution in [3.05, 3.63) is 48.0 Å². The van der Waals surface area contributed by atoms with E-state index in [1.165, 1.54) is 5.56 Å². The Kier molecular flexibility index (Phi) is 3.72. The number of hydrogen-bond donors (Lipinski definition) is 2. The summed E-state index contributed by atoms with van der Waals surface area (Å²) < 4.78 is 5.21. The third kappa shape index (κ3) is 2.56. The molecule has 3 N–H and O–H groups in total. The van der Waals surface area contributed by atoms with Gasteiger partial charge in [-0.25, -0.2) is 0 Å². The SMILES string of the molecule is CCc1ccccc1Nc1cc(OC)ccc1N. The highest BCUT2D eigenvalue weighted by Crippen LogP contribution is 2.29. The van der Waals surface area contributed by atoms with E-state index in [0.717, 1.165) is 23.5 Å². The lowest BCUT2D eigenvalue weighted by Gasteiger charge is -2.13. The molecular formula is C15H18N2O. The number of nitrogen functional groups attached to an aromatic ring is 1. The molecule has 0 radical (unpaired) electrons. The first-order valence-electron chi connectivity index (χ1n) is 6.03. The first-order chi connectivity index (χ1) is 8.74. The maximum atomic E-state index is 5.97. The summed E-state index contributed by atoms with van der Waals surface area (Å²) >= 11 is 0. The van der Waals surface area contributed by atoms with Crippen molar-refractivity contribution in [3.8, 4) is 5.75 Å². The maximum absolute atomic E-state index is 5.97. The molecule has 94 valence electrons. The molecule has 0 bridgehead atoms. The second kappa shape index (κ2) is 5.45. The number of methoxy groups -OCH3 is 1. The van der Waals surface area contributed by atoms with Gasteiger partial charge in [0.25, 0.3) is 0 Å². The summed E-state index contributed by atoms with van der Waals surface area (Å²) in [7, 11) is 1.65. The van der Waals surface area contributed by atoms with Crippen LogP contribution in [0.1, 0.15) is 12.5 Å². The standard InChI is InChI=1S/C15H18N2O/c1-3-11-6-4-5-7-14(11)17-15-10-12(18-2)8-9-13(15)16/h4-10,17H,3,16H2,1-2H3. The highest BCUT2D eigenvalue weighted by Gasteiger charge is 2.04. The van der Waals surface area contributed by atoms with Crippen LogP contribution in [0.15, 0.2) is 42.5 Å². The Bertz CT molecular complexity index is 538. The largest absolute Gasteiger partial charge is 0.497 e. The zero-order valence-corrected chi connectivity index (χ0v) is 10.7. The minimum atomic E-state index is 0.710. The highest BCUT2D eigenvalue weighted by molar-refractivity contribution is 5.75. The van der Waals surface area contributed by atoms with Gasteiger partial charge in [-0.3, -0.25) is 0 Å². The summed E-state index contributed by atoms with van der Waals surface area (Å²) in [5, 5.41) is 3.36. The smallest absolute Gasteiger partial charge is 0.121 e. The van der Waals surface area contributed by atoms with Crippen molar-refractivity contribution in [1.82, 2.24) is 0 Å². The van der Waals surface area contributed by atoms with Crippen LogP contribution in [-0.4, -0.2) is 7.11 Å². The average molecular weight is 242 g/mol. The summed E-state index contributed by atoms with van der Waals surface area (Å²) in [6, 6.07) is 13.8. The summed E-state index contributed by atoms with van der Waals surface area (Å²) in [6.07, 6.45) is 0.979. The Morgan fingerprint density at radius 3 is 2.61 bits per heavy atom. The topological polar surface area (TPSA) is 47.3 Å². The van der Waals surface area contributed by atoms with Crippen molar-refractivity contribution in [2.24, 2.45) is 0 Å². The zero-order valence-electron chi connectivity index (χ0n) is 10.7. The molecule has 2 aromatic rings. The molecule has 3 nitrogen and oxygen atoms in total. The van der Waals surface area contributed by atoms with Gasteiger partial charge in [-0.1, -0.05) is 25.1 Å². The molecule has 2 rings (SSSR count). The lowest BCUT2D eigenvalue weighted by molar-refractivity contribution is 0.415. The predicted molar refractivity (Wildman–Crippen MR) is 76.5 cm³/mol. The van der Waals surface area contributed by atoms with Gasteiger partial charge in [0.2, 0.25) is 0 Å². The van der Waals surface area contributed by atoms with Crippen LogP contribution in [0, 0.1) is 0 Å². The highest BCUT2D eigenvalue weighted by atomic mass is 16.5. The van der Waals surface area contributed by atoms with E-state index in [0.29, 0.717) is 5.69 Å². The third-order valence-electron chi connectivity index (χ3n) is 2.93. The van der Waals surface area contributed by atoms with Crippen molar-refractivity contribution in [1.29, 1.82) is 0 Å². The van der Waals surface area contributed by atoms with E-state index in [2.05, 4.69) is 24.4 Å². The molecule has 0 saturated heterocycles. The lowest BCUT2D eigenvalue weighted by Crippen LogP contribution is -1.99. The number of rotatable bonds is 4. The van der Waals surface area contributed by atoms with Gasteiger partial charge in [0, 0.05) is 11.8 Å². The molecule has 2 aromatic carbocycles. The molecular weight excluding hydrogens is 224 g/mol. The maximum Gasteiger partial charge on any atom is 0.121 e. The van der Waals surface area contributed by atoms with Gasteiger partial charge in [-0.15, -0.1) is 0 Å². The quantitative estimate of drug-likeness (QED) is 0.805. The van der Waals surface area contributed by atoms with Crippen LogP contribution in [0.25, 0.3) is 0 Å². The number of nitrogens with two attached hydrogens (primary N) is 1. The van der Waals surface area contributed by atoms with E-state index in [-0.39, 0.29) is 0 Å². The Labute approximate surface area is 108 Å². The Hall–Kier alpha value is -2.16. The van der Waals surface area contributed by atoms with Gasteiger partial charge >= 0.3 is 0 Å². The van der Waals surface area contributed by atoms with Crippen molar-refractivity contribution in [2.75, 3.05) is 18.2 Å². The molecule has 0 spiro atoms. The van der Waals surface area contributed by atoms with Gasteiger partial charge < -0.3 is 15.8 Å². The number of para-hydroxylation sites is 1. The zero-order chi connectivity index (χ0) is 13.0. The molecule has 3 heteroatoms. The Balaban J connectivity index is 2.33. The minimum Gasteiger partial charge on any atom is -0.497 e. The number of aryl methyl sites for hydroxylation is 1. The molecule has 0 aliphatic heterocycles. The molecule has 0 atom stereocenters. The fourth-order valence-electron chi connectivity index (χ4n) is 1.87. The summed E-state index contributed by atoms with van der Waals surface area (Å²) in [6.45, 7) is 2.13. The van der Waals surface area contributed by atoms with Gasteiger partial charge in [0.1, 0.15) is 5.75 Å². The van der Waals surface area contributed by atoms with Crippen LogP contribution in [0.3, 0.4) is 0 Å². The monoisotopic (exact) mass is 242 g/mol. The van der Waals surface area contributed by atoms with Crippen LogP contribution < -0.4 is 15.8 Å². The molecule has 0 fully saturated rings. The van der Waals surface area contributed by atoms with Crippen molar-refractivity contribution in [2.45, 2.75) is 13.3 Å². The Morgan fingerprint density at radius 2 is 1.89 bits per heavy atom. The molecule has 0 aliphatic rings. The number of anilines is 3. The van der Waals surface area contributed by atoms with Crippen LogP contribution in [-0.2, 0) is 6.42 Å². The number of ether oxygens (including phenoxy) is 1. The van der Waals surface area contributed by atoms with Gasteiger partial charge in [0.05, 0.1) is 18.5 Å². The molecule has 18 heavy (non-hydrogen) atoms. The molecule has 0 aromatic heterocycles. The number of hydrogen-bond acceptors (Lipinski definition) is 3. The molecule has 0 aliphatic carbocycles. The first kappa shape index (κ1) is 12.3. The van der Waals surface area contributed by atoms with E-state index in [1.807, 2.05) is 30.3 Å². The van der Waals surface area contributed by atoms with Gasteiger partial charge in [0.15, 0.2) is 0 Å². The van der Waals surface area contributed by atoms with Crippen LogP contribution in [0.5, 0.6) is 5.75 Å². The van der Waals surface area contributed by atoms with Gasteiger partial charge in [-0.2, -0.15) is 0 Å². The van der Waals surface area contributed by atoms with E-state index in [4.69, 9.17) is 10.5 Å². The van der Waals surface area contributed by atoms with E-state index in [1.54, 1.807) is 7.11 Å². The number of benzene rings is 2. The summed E-state index contributed by atoms with van der Waals surface area (Å²) in [5.41, 5.74) is 9.89. The Morgan fingerprint density at radius 1 is 1.11 bits per heavy atom. The van der Waals surface area contributed by atoms with Crippen LogP contribution >= 0.6 is 0 Å². The first-order valence-corrected chi connectivity index (χ1v) is 6.03. The molecule has 0 heterocycles. The van der Waals surface area contributed by atoms with E-state index < -0.39 is 0 Å². The van der Waals surface area contributed by atoms with Crippen LogP contribution in [0.2, 0.25) is 0 Å². The fourth-order valence-corrected chi connectivity index (χ4v) is 1.87. The molecule has 0 unspecified atom stereocenters. The van der Waals surface area contributed by atoms with Crippen LogP contribution in [0.4, 0.5) is 17.1 Å². The second-order valence-electron chi connectivity index (χ2n) is 4.09. The molecule has 0 saturated carbocycles. The van der Waals surface area contributed by atoms with Crippen molar-refractivity contribution < 1.29 is 4.74 Å². The average Bonchev–Trinajstić information content (AvgIpc) is 2.42. The summed E-state index contributed by atoms with van der Waals surface area (Å²) in [5.74, 6) is 0.792. The van der Waals surface area contributed by atoms with Crippen molar-refractivity contribution in [3.63, 3.8) is 0 Å². The van der Waals surface area contributed by atoms with Crippen molar-refractivity contribution >= 4 is 17.1 Å². The molecule has 0 amide bonds. The van der Waals surface area contributed by atoms with Gasteiger partial charge in [-0.05, 0) is 30.2 Å². The summed E-state index contributed by atoms with van der Waals surface area (Å²) in [4.78, 5) is 0. The number of nitrogens with one attached hydrogen (secondary N) is 1. The minimum absolute atomic E-state index is 0.710. The van der Waals surface area contributed by atoms with E-state index in [9.17, 15) is 0 Å². The lowest BCUT2D eigenvalue weighted by atomic mass is 10.1. The fraction of sp³-hybridized carbons (Fsp3) is 0.200. The normalized spacial score (nSPS) is 10.1. The predicted octanol–water partition coefficient (Wildman–Crippen LogP) is 3.58.